The summed E-state index contributed by atoms with van der Waals surface area (Å²) in [7, 11) is 0. The van der Waals surface area contributed by atoms with Crippen molar-refractivity contribution in [1.82, 2.24) is 9.97 Å². The molecule has 1 aromatic rings. The number of hydrogen-bond acceptors (Lipinski definition) is 5. The number of anilines is 2. The van der Waals surface area contributed by atoms with E-state index in [9.17, 15) is 0 Å². The predicted molar refractivity (Wildman–Crippen MR) is 83.6 cm³/mol. The Morgan fingerprint density at radius 1 is 1.37 bits per heavy atom. The lowest BCUT2D eigenvalue weighted by molar-refractivity contribution is 0.746. The van der Waals surface area contributed by atoms with Crippen molar-refractivity contribution in [3.05, 3.63) is 11.9 Å². The minimum Gasteiger partial charge on any atom is -0.383 e. The number of nitrogens with zero attached hydrogens (tertiary/aromatic N) is 2. The molecule has 106 valence electrons. The van der Waals surface area contributed by atoms with E-state index in [0.717, 1.165) is 29.5 Å². The average molecular weight is 280 g/mol. The molecule has 0 spiro atoms. The number of nitrogens with two attached hydrogens (primary N) is 1. The molecule has 1 fully saturated rings. The number of thioether (sulfide) groups is 1. The van der Waals surface area contributed by atoms with Crippen LogP contribution in [0.15, 0.2) is 6.33 Å². The van der Waals surface area contributed by atoms with Gasteiger partial charge in [-0.05, 0) is 31.4 Å². The highest BCUT2D eigenvalue weighted by Crippen LogP contribution is 2.32. The van der Waals surface area contributed by atoms with Gasteiger partial charge in [0.05, 0.1) is 0 Å². The fourth-order valence-corrected chi connectivity index (χ4v) is 3.84. The molecule has 2 atom stereocenters. The quantitative estimate of drug-likeness (QED) is 0.838. The Morgan fingerprint density at radius 3 is 2.95 bits per heavy atom. The van der Waals surface area contributed by atoms with E-state index >= 15 is 0 Å². The summed E-state index contributed by atoms with van der Waals surface area (Å²) in [6.07, 6.45) is 7.32. The molecule has 19 heavy (non-hydrogen) atoms. The number of nitrogens with one attached hydrogen (secondary N) is 1. The van der Waals surface area contributed by atoms with Crippen LogP contribution >= 0.6 is 11.8 Å². The largest absolute Gasteiger partial charge is 0.383 e. The zero-order valence-corrected chi connectivity index (χ0v) is 12.7. The van der Waals surface area contributed by atoms with Gasteiger partial charge in [-0.1, -0.05) is 20.3 Å². The first kappa shape index (κ1) is 14.4. The highest BCUT2D eigenvalue weighted by Gasteiger charge is 2.25. The number of aromatic nitrogens is 2. The van der Waals surface area contributed by atoms with Crippen molar-refractivity contribution < 1.29 is 0 Å². The maximum atomic E-state index is 5.96. The number of rotatable bonds is 6. The SMILES string of the molecule is CCCc1c(N)ncnc1NC1CCC(SCC)C1. The molecule has 5 heteroatoms. The van der Waals surface area contributed by atoms with Crippen LogP contribution in [0.1, 0.15) is 45.1 Å². The minimum atomic E-state index is 0.536. The molecule has 2 unspecified atom stereocenters. The van der Waals surface area contributed by atoms with Crippen LogP contribution in [-0.2, 0) is 6.42 Å². The topological polar surface area (TPSA) is 63.8 Å². The molecule has 1 aromatic heterocycles. The standard InChI is InChI=1S/C14H24N4S/c1-3-5-12-13(15)16-9-17-14(12)18-10-6-7-11(8-10)19-4-2/h9-11H,3-8H2,1-2H3,(H3,15,16,17,18). The fourth-order valence-electron chi connectivity index (χ4n) is 2.70. The summed E-state index contributed by atoms with van der Waals surface area (Å²) < 4.78 is 0. The van der Waals surface area contributed by atoms with Gasteiger partial charge in [0.25, 0.3) is 0 Å². The molecule has 1 aliphatic carbocycles. The van der Waals surface area contributed by atoms with E-state index in [1.54, 1.807) is 6.33 Å². The zero-order valence-electron chi connectivity index (χ0n) is 11.9. The summed E-state index contributed by atoms with van der Waals surface area (Å²) >= 11 is 2.07. The van der Waals surface area contributed by atoms with Crippen LogP contribution in [-0.4, -0.2) is 27.0 Å². The Morgan fingerprint density at radius 2 is 2.21 bits per heavy atom. The summed E-state index contributed by atoms with van der Waals surface area (Å²) in [5.74, 6) is 2.78. The van der Waals surface area contributed by atoms with Gasteiger partial charge in [-0.3, -0.25) is 0 Å². The maximum Gasteiger partial charge on any atom is 0.134 e. The second-order valence-corrected chi connectivity index (χ2v) is 6.65. The van der Waals surface area contributed by atoms with Crippen molar-refractivity contribution in [3.8, 4) is 0 Å². The summed E-state index contributed by atoms with van der Waals surface area (Å²) in [5.41, 5.74) is 7.04. The lowest BCUT2D eigenvalue weighted by Crippen LogP contribution is -2.19. The minimum absolute atomic E-state index is 0.536. The third-order valence-electron chi connectivity index (χ3n) is 3.61. The second-order valence-electron chi connectivity index (χ2n) is 5.07. The smallest absolute Gasteiger partial charge is 0.134 e. The molecule has 1 aliphatic rings. The molecule has 2 rings (SSSR count). The lowest BCUT2D eigenvalue weighted by Gasteiger charge is -2.17. The van der Waals surface area contributed by atoms with E-state index in [4.69, 9.17) is 5.73 Å². The first-order valence-corrected chi connectivity index (χ1v) is 8.26. The average Bonchev–Trinajstić information content (AvgIpc) is 2.82. The number of hydrogen-bond donors (Lipinski definition) is 2. The first-order chi connectivity index (χ1) is 9.24. The van der Waals surface area contributed by atoms with Gasteiger partial charge in [0.15, 0.2) is 0 Å². The van der Waals surface area contributed by atoms with Gasteiger partial charge in [-0.25, -0.2) is 9.97 Å². The van der Waals surface area contributed by atoms with Gasteiger partial charge < -0.3 is 11.1 Å². The van der Waals surface area contributed by atoms with E-state index in [0.29, 0.717) is 11.9 Å². The summed E-state index contributed by atoms with van der Waals surface area (Å²) in [6, 6.07) is 0.536. The molecule has 0 aromatic carbocycles. The van der Waals surface area contributed by atoms with Crippen molar-refractivity contribution in [1.29, 1.82) is 0 Å². The Bertz CT molecular complexity index is 410. The summed E-state index contributed by atoms with van der Waals surface area (Å²) in [5, 5.41) is 4.38. The normalized spacial score (nSPS) is 22.6. The van der Waals surface area contributed by atoms with E-state index < -0.39 is 0 Å². The first-order valence-electron chi connectivity index (χ1n) is 7.22. The Labute approximate surface area is 120 Å². The van der Waals surface area contributed by atoms with Crippen LogP contribution in [0.2, 0.25) is 0 Å². The van der Waals surface area contributed by atoms with Gasteiger partial charge in [-0.15, -0.1) is 0 Å². The Hall–Kier alpha value is -0.970. The van der Waals surface area contributed by atoms with Crippen LogP contribution in [0.4, 0.5) is 11.6 Å². The third-order valence-corrected chi connectivity index (χ3v) is 4.84. The van der Waals surface area contributed by atoms with Gasteiger partial charge in [-0.2, -0.15) is 11.8 Å². The summed E-state index contributed by atoms with van der Waals surface area (Å²) in [4.78, 5) is 8.48. The second kappa shape index (κ2) is 6.98. The Kier molecular flexibility index (Phi) is 5.31. The van der Waals surface area contributed by atoms with Crippen molar-refractivity contribution in [2.45, 2.75) is 57.2 Å². The summed E-state index contributed by atoms with van der Waals surface area (Å²) in [6.45, 7) is 4.38. The third kappa shape index (κ3) is 3.75. The van der Waals surface area contributed by atoms with Crippen LogP contribution in [0.5, 0.6) is 0 Å². The van der Waals surface area contributed by atoms with Gasteiger partial charge in [0, 0.05) is 16.9 Å². The molecule has 0 aliphatic heterocycles. The molecule has 1 saturated carbocycles. The van der Waals surface area contributed by atoms with Crippen molar-refractivity contribution in [2.75, 3.05) is 16.8 Å². The maximum absolute atomic E-state index is 5.96. The molecule has 0 saturated heterocycles. The lowest BCUT2D eigenvalue weighted by atomic mass is 10.1. The van der Waals surface area contributed by atoms with E-state index in [1.165, 1.54) is 25.0 Å². The number of nitrogen functional groups attached to an aromatic ring is 1. The highest BCUT2D eigenvalue weighted by atomic mass is 32.2. The molecule has 3 N–H and O–H groups in total. The van der Waals surface area contributed by atoms with E-state index in [2.05, 4.69) is 40.9 Å². The molecule has 0 radical (unpaired) electrons. The molecule has 4 nitrogen and oxygen atoms in total. The molecular formula is C14H24N4S. The Balaban J connectivity index is 2.01. The van der Waals surface area contributed by atoms with Crippen LogP contribution in [0, 0.1) is 0 Å². The highest BCUT2D eigenvalue weighted by molar-refractivity contribution is 7.99. The zero-order chi connectivity index (χ0) is 13.7. The molecular weight excluding hydrogens is 256 g/mol. The molecule has 0 bridgehead atoms. The van der Waals surface area contributed by atoms with Crippen molar-refractivity contribution in [2.24, 2.45) is 0 Å². The van der Waals surface area contributed by atoms with E-state index in [-0.39, 0.29) is 0 Å². The molecule has 1 heterocycles. The van der Waals surface area contributed by atoms with Gasteiger partial charge in [0.2, 0.25) is 0 Å². The van der Waals surface area contributed by atoms with Gasteiger partial charge in [0.1, 0.15) is 18.0 Å². The van der Waals surface area contributed by atoms with Crippen LogP contribution in [0.25, 0.3) is 0 Å². The fraction of sp³-hybridized carbons (Fsp3) is 0.714. The molecule has 0 amide bonds. The monoisotopic (exact) mass is 280 g/mol. The van der Waals surface area contributed by atoms with E-state index in [1.807, 2.05) is 0 Å². The van der Waals surface area contributed by atoms with Crippen LogP contribution < -0.4 is 11.1 Å². The van der Waals surface area contributed by atoms with Crippen molar-refractivity contribution >= 4 is 23.4 Å². The van der Waals surface area contributed by atoms with Crippen molar-refractivity contribution in [3.63, 3.8) is 0 Å². The van der Waals surface area contributed by atoms with Gasteiger partial charge >= 0.3 is 0 Å². The van der Waals surface area contributed by atoms with Crippen LogP contribution in [0.3, 0.4) is 0 Å². The predicted octanol–water partition coefficient (Wildman–Crippen LogP) is 3.10.